The molecule has 1 aliphatic carbocycles. The van der Waals surface area contributed by atoms with Gasteiger partial charge in [0, 0.05) is 18.8 Å². The van der Waals surface area contributed by atoms with Gasteiger partial charge in [-0.3, -0.25) is 4.79 Å². The number of amides is 1. The lowest BCUT2D eigenvalue weighted by Crippen LogP contribution is -2.45. The zero-order chi connectivity index (χ0) is 15.5. The topological polar surface area (TPSA) is 100 Å². The van der Waals surface area contributed by atoms with Gasteiger partial charge in [-0.15, -0.1) is 0 Å². The lowest BCUT2D eigenvalue weighted by molar-refractivity contribution is -0.122. The molecule has 7 nitrogen and oxygen atoms in total. The lowest BCUT2D eigenvalue weighted by atomic mass is 10.3. The van der Waals surface area contributed by atoms with Crippen molar-refractivity contribution in [1.82, 2.24) is 15.0 Å². The standard InChI is InChI=1S/C13H20N4O3S/c1-3-14-11-5-4-8-15-13(11)21(19,20)17-9(2)12(18)16-10-6-7-10/h4-5,8-10,14,17H,3,6-7H2,1-2H3,(H,16,18). The predicted molar refractivity (Wildman–Crippen MR) is 79.3 cm³/mol. The normalized spacial score (nSPS) is 16.3. The number of hydrogen-bond acceptors (Lipinski definition) is 5. The summed E-state index contributed by atoms with van der Waals surface area (Å²) in [5, 5.41) is 5.61. The number of carbonyl (C=O) groups is 1. The first kappa shape index (κ1) is 15.7. The van der Waals surface area contributed by atoms with Gasteiger partial charge >= 0.3 is 0 Å². The second-order valence-electron chi connectivity index (χ2n) is 5.01. The highest BCUT2D eigenvalue weighted by Gasteiger charge is 2.29. The molecule has 1 amide bonds. The number of aromatic nitrogens is 1. The number of anilines is 1. The molecule has 1 aromatic rings. The Kier molecular flexibility index (Phi) is 4.79. The van der Waals surface area contributed by atoms with Crippen molar-refractivity contribution in [2.45, 2.75) is 43.8 Å². The van der Waals surface area contributed by atoms with E-state index in [0.29, 0.717) is 12.2 Å². The highest BCUT2D eigenvalue weighted by Crippen LogP contribution is 2.20. The number of sulfonamides is 1. The maximum atomic E-state index is 12.4. The molecule has 0 aromatic carbocycles. The van der Waals surface area contributed by atoms with Crippen LogP contribution in [0.5, 0.6) is 0 Å². The van der Waals surface area contributed by atoms with Gasteiger partial charge in [-0.1, -0.05) is 0 Å². The Bertz CT molecular complexity index is 614. The minimum Gasteiger partial charge on any atom is -0.383 e. The molecule has 21 heavy (non-hydrogen) atoms. The SMILES string of the molecule is CCNc1cccnc1S(=O)(=O)NC(C)C(=O)NC1CC1. The molecule has 0 radical (unpaired) electrons. The van der Waals surface area contributed by atoms with Crippen LogP contribution in [0.2, 0.25) is 0 Å². The minimum absolute atomic E-state index is 0.0991. The molecule has 0 spiro atoms. The minimum atomic E-state index is -3.86. The largest absolute Gasteiger partial charge is 0.383 e. The first-order valence-electron chi connectivity index (χ1n) is 6.95. The van der Waals surface area contributed by atoms with E-state index in [0.717, 1.165) is 12.8 Å². The Labute approximate surface area is 124 Å². The number of nitrogens with zero attached hydrogens (tertiary/aromatic N) is 1. The maximum Gasteiger partial charge on any atom is 0.260 e. The summed E-state index contributed by atoms with van der Waals surface area (Å²) in [6.45, 7) is 3.96. The molecule has 1 saturated carbocycles. The molecule has 8 heteroatoms. The third-order valence-electron chi connectivity index (χ3n) is 3.04. The van der Waals surface area contributed by atoms with Crippen LogP contribution in [0, 0.1) is 0 Å². The van der Waals surface area contributed by atoms with Crippen molar-refractivity contribution in [3.05, 3.63) is 18.3 Å². The van der Waals surface area contributed by atoms with Gasteiger partial charge in [0.05, 0.1) is 11.7 Å². The van der Waals surface area contributed by atoms with Crippen LogP contribution in [0.3, 0.4) is 0 Å². The van der Waals surface area contributed by atoms with Crippen molar-refractivity contribution in [2.75, 3.05) is 11.9 Å². The molecule has 1 fully saturated rings. The second kappa shape index (κ2) is 6.40. The molecule has 0 bridgehead atoms. The van der Waals surface area contributed by atoms with Crippen LogP contribution < -0.4 is 15.4 Å². The van der Waals surface area contributed by atoms with E-state index >= 15 is 0 Å². The van der Waals surface area contributed by atoms with Crippen molar-refractivity contribution in [1.29, 1.82) is 0 Å². The number of carbonyl (C=O) groups excluding carboxylic acids is 1. The number of nitrogens with one attached hydrogen (secondary N) is 3. The van der Waals surface area contributed by atoms with E-state index in [4.69, 9.17) is 0 Å². The molecule has 1 aromatic heterocycles. The Balaban J connectivity index is 2.11. The van der Waals surface area contributed by atoms with Crippen molar-refractivity contribution in [3.8, 4) is 0 Å². The van der Waals surface area contributed by atoms with Gasteiger partial charge in [0.1, 0.15) is 0 Å². The van der Waals surface area contributed by atoms with E-state index in [1.54, 1.807) is 12.1 Å². The molecular weight excluding hydrogens is 292 g/mol. The van der Waals surface area contributed by atoms with Gasteiger partial charge in [-0.25, -0.2) is 13.4 Å². The summed E-state index contributed by atoms with van der Waals surface area (Å²) < 4.78 is 27.1. The first-order chi connectivity index (χ1) is 9.94. The summed E-state index contributed by atoms with van der Waals surface area (Å²) in [5.74, 6) is -0.318. The average molecular weight is 312 g/mol. The van der Waals surface area contributed by atoms with E-state index in [-0.39, 0.29) is 17.0 Å². The van der Waals surface area contributed by atoms with Gasteiger partial charge in [0.25, 0.3) is 10.0 Å². The molecule has 2 rings (SSSR count). The Hall–Kier alpha value is -1.67. The predicted octanol–water partition coefficient (Wildman–Crippen LogP) is 0.459. The third kappa shape index (κ3) is 4.15. The lowest BCUT2D eigenvalue weighted by Gasteiger charge is -2.15. The molecule has 3 N–H and O–H groups in total. The van der Waals surface area contributed by atoms with E-state index in [2.05, 4.69) is 20.3 Å². The zero-order valence-electron chi connectivity index (χ0n) is 12.1. The van der Waals surface area contributed by atoms with Gasteiger partial charge in [-0.05, 0) is 38.8 Å². The number of hydrogen-bond donors (Lipinski definition) is 3. The Morgan fingerprint density at radius 1 is 1.48 bits per heavy atom. The molecule has 1 heterocycles. The fourth-order valence-electron chi connectivity index (χ4n) is 1.83. The van der Waals surface area contributed by atoms with Crippen LogP contribution in [0.15, 0.2) is 23.4 Å². The quantitative estimate of drug-likeness (QED) is 0.679. The van der Waals surface area contributed by atoms with Crippen molar-refractivity contribution in [2.24, 2.45) is 0 Å². The second-order valence-corrected chi connectivity index (χ2v) is 6.64. The van der Waals surface area contributed by atoms with Crippen LogP contribution in [0.25, 0.3) is 0 Å². The van der Waals surface area contributed by atoms with E-state index in [1.165, 1.54) is 13.1 Å². The Morgan fingerprint density at radius 3 is 2.81 bits per heavy atom. The molecule has 1 unspecified atom stereocenters. The van der Waals surface area contributed by atoms with Crippen LogP contribution in [0.1, 0.15) is 26.7 Å². The molecule has 1 atom stereocenters. The Morgan fingerprint density at radius 2 is 2.19 bits per heavy atom. The van der Waals surface area contributed by atoms with Crippen molar-refractivity contribution in [3.63, 3.8) is 0 Å². The average Bonchev–Trinajstić information content (AvgIpc) is 3.23. The summed E-state index contributed by atoms with van der Waals surface area (Å²) >= 11 is 0. The zero-order valence-corrected chi connectivity index (χ0v) is 12.9. The monoisotopic (exact) mass is 312 g/mol. The summed E-state index contributed by atoms with van der Waals surface area (Å²) in [5.41, 5.74) is 0.419. The van der Waals surface area contributed by atoms with Gasteiger partial charge in [0.2, 0.25) is 5.91 Å². The fourth-order valence-corrected chi connectivity index (χ4v) is 3.14. The van der Waals surface area contributed by atoms with E-state index in [9.17, 15) is 13.2 Å². The molecule has 1 aliphatic rings. The molecule has 0 saturated heterocycles. The number of rotatable bonds is 7. The molecule has 116 valence electrons. The summed E-state index contributed by atoms with van der Waals surface area (Å²) in [4.78, 5) is 15.7. The van der Waals surface area contributed by atoms with Crippen LogP contribution in [-0.4, -0.2) is 37.9 Å². The molecule has 0 aliphatic heterocycles. The summed E-state index contributed by atoms with van der Waals surface area (Å²) in [6, 6.07) is 2.64. The number of pyridine rings is 1. The van der Waals surface area contributed by atoms with Gasteiger partial charge < -0.3 is 10.6 Å². The van der Waals surface area contributed by atoms with Gasteiger partial charge in [0.15, 0.2) is 5.03 Å². The van der Waals surface area contributed by atoms with Gasteiger partial charge in [-0.2, -0.15) is 4.72 Å². The van der Waals surface area contributed by atoms with E-state index in [1.807, 2.05) is 6.92 Å². The summed E-state index contributed by atoms with van der Waals surface area (Å²) in [6.07, 6.45) is 3.32. The first-order valence-corrected chi connectivity index (χ1v) is 8.44. The van der Waals surface area contributed by atoms with Crippen molar-refractivity contribution >= 4 is 21.6 Å². The third-order valence-corrected chi connectivity index (χ3v) is 4.54. The van der Waals surface area contributed by atoms with Crippen LogP contribution in [0.4, 0.5) is 5.69 Å². The fraction of sp³-hybridized carbons (Fsp3) is 0.538. The smallest absolute Gasteiger partial charge is 0.260 e. The van der Waals surface area contributed by atoms with E-state index < -0.39 is 16.1 Å². The van der Waals surface area contributed by atoms with Crippen LogP contribution in [-0.2, 0) is 14.8 Å². The van der Waals surface area contributed by atoms with Crippen molar-refractivity contribution < 1.29 is 13.2 Å². The molecular formula is C13H20N4O3S. The maximum absolute atomic E-state index is 12.4. The summed E-state index contributed by atoms with van der Waals surface area (Å²) in [7, 11) is -3.86. The van der Waals surface area contributed by atoms with Crippen LogP contribution >= 0.6 is 0 Å². The highest BCUT2D eigenvalue weighted by molar-refractivity contribution is 7.89. The highest BCUT2D eigenvalue weighted by atomic mass is 32.2.